The lowest BCUT2D eigenvalue weighted by Gasteiger charge is -2.16. The van der Waals surface area contributed by atoms with Crippen LogP contribution in [-0.2, 0) is 20.6 Å². The van der Waals surface area contributed by atoms with Crippen molar-refractivity contribution < 1.29 is 28.7 Å². The van der Waals surface area contributed by atoms with Gasteiger partial charge in [0.2, 0.25) is 0 Å². The van der Waals surface area contributed by atoms with E-state index in [9.17, 15) is 4.57 Å². The largest absolute Gasteiger partial charge is 0.469 e. The number of phosphoric ester groups is 1. The average molecular weight is 319 g/mol. The summed E-state index contributed by atoms with van der Waals surface area (Å²) in [5, 5.41) is 9.08. The lowest BCUT2D eigenvalue weighted by Crippen LogP contribution is -2.24. The topological polar surface area (TPSA) is 166 Å². The van der Waals surface area contributed by atoms with Gasteiger partial charge in [-0.1, -0.05) is 0 Å². The van der Waals surface area contributed by atoms with Crippen LogP contribution in [0, 0.1) is 0 Å². The molecule has 21 heavy (non-hydrogen) atoms. The number of phosphoric acid groups is 1. The van der Waals surface area contributed by atoms with Gasteiger partial charge >= 0.3 is 7.82 Å². The van der Waals surface area contributed by atoms with Gasteiger partial charge in [-0.25, -0.2) is 19.5 Å². The maximum absolute atomic E-state index is 10.6. The number of nitrogens with zero attached hydrogens (tertiary/aromatic N) is 4. The quantitative estimate of drug-likeness (QED) is 0.458. The second-order valence-corrected chi connectivity index (χ2v) is 5.27. The number of hydrogen-bond donors (Lipinski definition) is 4. The van der Waals surface area contributed by atoms with Gasteiger partial charge in [0.1, 0.15) is 24.7 Å². The summed E-state index contributed by atoms with van der Waals surface area (Å²) in [4.78, 5) is 29.0. The minimum atomic E-state index is -4.61. The molecule has 11 nitrogen and oxygen atoms in total. The molecule has 0 bridgehead atoms. The first-order valence-corrected chi connectivity index (χ1v) is 7.27. The number of anilines is 1. The fourth-order valence-electron chi connectivity index (χ4n) is 1.51. The van der Waals surface area contributed by atoms with Crippen LogP contribution in [-0.4, -0.2) is 53.7 Å². The van der Waals surface area contributed by atoms with Crippen LogP contribution in [0.25, 0.3) is 11.2 Å². The molecule has 0 amide bonds. The van der Waals surface area contributed by atoms with E-state index >= 15 is 0 Å². The molecule has 1 unspecified atom stereocenters. The first kappa shape index (κ1) is 15.8. The number of ether oxygens (including phenoxy) is 1. The van der Waals surface area contributed by atoms with E-state index in [-0.39, 0.29) is 12.5 Å². The van der Waals surface area contributed by atoms with Gasteiger partial charge in [0.05, 0.1) is 19.5 Å². The van der Waals surface area contributed by atoms with Gasteiger partial charge in [-0.15, -0.1) is 0 Å². The van der Waals surface area contributed by atoms with Crippen LogP contribution in [0.4, 0.5) is 5.82 Å². The lowest BCUT2D eigenvalue weighted by molar-refractivity contribution is -0.0479. The molecule has 0 fully saturated rings. The van der Waals surface area contributed by atoms with Gasteiger partial charge in [-0.2, -0.15) is 0 Å². The van der Waals surface area contributed by atoms with Gasteiger partial charge in [0.25, 0.3) is 0 Å². The molecule has 0 spiro atoms. The summed E-state index contributed by atoms with van der Waals surface area (Å²) >= 11 is 0. The van der Waals surface area contributed by atoms with Crippen molar-refractivity contribution in [2.75, 3.05) is 18.9 Å². The molecule has 116 valence electrons. The summed E-state index contributed by atoms with van der Waals surface area (Å²) in [5.74, 6) is 0.224. The maximum atomic E-state index is 10.6. The number of nitrogen functional groups attached to an aromatic ring is 1. The molecule has 0 aliphatic rings. The molecule has 1 atom stereocenters. The molecular formula is C9H14N5O6P. The Morgan fingerprint density at radius 3 is 2.81 bits per heavy atom. The molecule has 0 radical (unpaired) electrons. The zero-order valence-corrected chi connectivity index (χ0v) is 11.6. The van der Waals surface area contributed by atoms with Crippen molar-refractivity contribution in [2.24, 2.45) is 0 Å². The van der Waals surface area contributed by atoms with E-state index in [0.717, 1.165) is 0 Å². The summed E-state index contributed by atoms with van der Waals surface area (Å²) in [6.07, 6.45) is 1.79. The van der Waals surface area contributed by atoms with E-state index in [1.54, 1.807) is 0 Å². The second kappa shape index (κ2) is 6.43. The molecule has 2 aromatic rings. The number of imidazole rings is 1. The van der Waals surface area contributed by atoms with Gasteiger partial charge in [0.15, 0.2) is 11.5 Å². The standard InChI is InChI=1S/C9H14N5O6P/c10-8-7-9(12-3-11-8)14(4-13-7)5-19-6(1-15)2-20-21(16,17)18/h3-4,6,15H,1-2,5H2,(H2,10,11,12)(H2,16,17,18). The van der Waals surface area contributed by atoms with Gasteiger partial charge in [-0.3, -0.25) is 9.09 Å². The molecule has 12 heteroatoms. The van der Waals surface area contributed by atoms with Crippen molar-refractivity contribution in [3.8, 4) is 0 Å². The Morgan fingerprint density at radius 1 is 1.38 bits per heavy atom. The van der Waals surface area contributed by atoms with E-state index in [1.807, 2.05) is 0 Å². The van der Waals surface area contributed by atoms with E-state index in [4.69, 9.17) is 25.4 Å². The van der Waals surface area contributed by atoms with Crippen molar-refractivity contribution in [3.63, 3.8) is 0 Å². The van der Waals surface area contributed by atoms with Crippen molar-refractivity contribution in [3.05, 3.63) is 12.7 Å². The molecular weight excluding hydrogens is 305 g/mol. The van der Waals surface area contributed by atoms with Gasteiger partial charge in [-0.05, 0) is 0 Å². The van der Waals surface area contributed by atoms with E-state index in [1.165, 1.54) is 17.2 Å². The van der Waals surface area contributed by atoms with Crippen molar-refractivity contribution >= 4 is 24.8 Å². The van der Waals surface area contributed by atoms with E-state index in [2.05, 4.69) is 19.5 Å². The third-order valence-corrected chi connectivity index (χ3v) is 3.00. The molecule has 0 saturated carbocycles. The summed E-state index contributed by atoms with van der Waals surface area (Å²) in [6, 6.07) is 0. The summed E-state index contributed by atoms with van der Waals surface area (Å²) in [5.41, 5.74) is 6.48. The Labute approximate surface area is 118 Å². The number of nitrogens with two attached hydrogens (primary N) is 1. The maximum Gasteiger partial charge on any atom is 0.469 e. The predicted molar refractivity (Wildman–Crippen MR) is 69.7 cm³/mol. The number of rotatable bonds is 7. The number of aromatic nitrogens is 4. The van der Waals surface area contributed by atoms with Crippen molar-refractivity contribution in [1.29, 1.82) is 0 Å². The second-order valence-electron chi connectivity index (χ2n) is 4.03. The van der Waals surface area contributed by atoms with Crippen molar-refractivity contribution in [1.82, 2.24) is 19.5 Å². The first-order valence-electron chi connectivity index (χ1n) is 5.74. The summed E-state index contributed by atoms with van der Waals surface area (Å²) in [6.45, 7) is -0.975. The zero-order chi connectivity index (χ0) is 15.5. The highest BCUT2D eigenvalue weighted by Crippen LogP contribution is 2.35. The number of aliphatic hydroxyl groups excluding tert-OH is 1. The summed E-state index contributed by atoms with van der Waals surface area (Å²) in [7, 11) is -4.61. The van der Waals surface area contributed by atoms with Crippen LogP contribution in [0.5, 0.6) is 0 Å². The van der Waals surface area contributed by atoms with Crippen LogP contribution in [0.15, 0.2) is 12.7 Å². The molecule has 0 aliphatic carbocycles. The van der Waals surface area contributed by atoms with Gasteiger partial charge < -0.3 is 25.4 Å². The molecule has 2 rings (SSSR count). The molecule has 0 aromatic carbocycles. The third-order valence-electron chi connectivity index (χ3n) is 2.51. The zero-order valence-electron chi connectivity index (χ0n) is 10.7. The fraction of sp³-hybridized carbons (Fsp3) is 0.444. The summed E-state index contributed by atoms with van der Waals surface area (Å²) < 4.78 is 21.6. The first-order chi connectivity index (χ1) is 9.90. The Hall–Kier alpha value is -1.62. The molecule has 0 saturated heterocycles. The van der Waals surface area contributed by atoms with E-state index in [0.29, 0.717) is 11.2 Å². The predicted octanol–water partition coefficient (Wildman–Crippen LogP) is -1.15. The Morgan fingerprint density at radius 2 is 2.14 bits per heavy atom. The van der Waals surface area contributed by atoms with Crippen LogP contribution in [0.2, 0.25) is 0 Å². The SMILES string of the molecule is Nc1ncnc2c1ncn2COC(CO)COP(=O)(O)O. The van der Waals surface area contributed by atoms with Crippen LogP contribution >= 0.6 is 7.82 Å². The highest BCUT2D eigenvalue weighted by Gasteiger charge is 2.18. The lowest BCUT2D eigenvalue weighted by atomic mass is 10.4. The molecule has 0 aliphatic heterocycles. The third kappa shape index (κ3) is 4.17. The molecule has 2 heterocycles. The highest BCUT2D eigenvalue weighted by molar-refractivity contribution is 7.46. The van der Waals surface area contributed by atoms with Gasteiger partial charge in [0, 0.05) is 0 Å². The monoisotopic (exact) mass is 319 g/mol. The number of fused-ring (bicyclic) bond motifs is 1. The van der Waals surface area contributed by atoms with Crippen LogP contribution in [0.1, 0.15) is 0 Å². The Bertz CT molecular complexity index is 657. The smallest absolute Gasteiger partial charge is 0.394 e. The average Bonchev–Trinajstić information content (AvgIpc) is 2.83. The number of hydrogen-bond acceptors (Lipinski definition) is 8. The van der Waals surface area contributed by atoms with E-state index < -0.39 is 27.1 Å². The van der Waals surface area contributed by atoms with Crippen molar-refractivity contribution in [2.45, 2.75) is 12.8 Å². The highest BCUT2D eigenvalue weighted by atomic mass is 31.2. The number of aliphatic hydroxyl groups is 1. The van der Waals surface area contributed by atoms with Crippen LogP contribution in [0.3, 0.4) is 0 Å². The normalized spacial score (nSPS) is 13.7. The molecule has 5 N–H and O–H groups in total. The fourth-order valence-corrected chi connectivity index (χ4v) is 1.87. The Balaban J connectivity index is 2.00. The van der Waals surface area contributed by atoms with Crippen LogP contribution < -0.4 is 5.73 Å². The Kier molecular flexibility index (Phi) is 4.83. The minimum Gasteiger partial charge on any atom is -0.394 e. The molecule has 2 aromatic heterocycles. The minimum absolute atomic E-state index is 0.0529.